The van der Waals surface area contributed by atoms with Crippen molar-refractivity contribution in [3.05, 3.63) is 77.1 Å². The van der Waals surface area contributed by atoms with Crippen LogP contribution in [0.5, 0.6) is 0 Å². The quantitative estimate of drug-likeness (QED) is 0.783. The minimum Gasteiger partial charge on any atom is -0.359 e. The number of hydrogen-bond acceptors (Lipinski definition) is 4. The Hall–Kier alpha value is -3.24. The first-order valence-corrected chi connectivity index (χ1v) is 6.55. The van der Waals surface area contributed by atoms with E-state index in [0.717, 1.165) is 16.8 Å². The minimum absolute atomic E-state index is 0.0467. The normalized spacial score (nSPS) is 15.7. The van der Waals surface area contributed by atoms with Crippen LogP contribution in [0.25, 0.3) is 0 Å². The SMILES string of the molecule is N#CC(C#N)=C1Nc2ccccc2C(c2ccccc2)N1. The van der Waals surface area contributed by atoms with E-state index in [2.05, 4.69) is 10.6 Å². The molecule has 2 aromatic carbocycles. The zero-order valence-corrected chi connectivity index (χ0v) is 11.2. The van der Waals surface area contributed by atoms with Crippen molar-refractivity contribution in [2.24, 2.45) is 0 Å². The van der Waals surface area contributed by atoms with E-state index in [0.29, 0.717) is 5.82 Å². The van der Waals surface area contributed by atoms with Crippen molar-refractivity contribution < 1.29 is 0 Å². The van der Waals surface area contributed by atoms with Crippen molar-refractivity contribution in [3.8, 4) is 12.1 Å². The Morgan fingerprint density at radius 1 is 0.905 bits per heavy atom. The molecule has 0 spiro atoms. The summed E-state index contributed by atoms with van der Waals surface area (Å²) in [6.07, 6.45) is 0. The molecule has 0 aliphatic carbocycles. The number of allylic oxidation sites excluding steroid dienone is 1. The second-order valence-corrected chi connectivity index (χ2v) is 4.67. The minimum atomic E-state index is -0.0876. The third-order valence-corrected chi connectivity index (χ3v) is 3.43. The van der Waals surface area contributed by atoms with Gasteiger partial charge < -0.3 is 10.6 Å². The summed E-state index contributed by atoms with van der Waals surface area (Å²) in [5.41, 5.74) is 3.12. The van der Waals surface area contributed by atoms with Gasteiger partial charge in [-0.25, -0.2) is 0 Å². The molecule has 0 saturated heterocycles. The van der Waals surface area contributed by atoms with Crippen LogP contribution in [0.4, 0.5) is 5.69 Å². The van der Waals surface area contributed by atoms with E-state index in [1.54, 1.807) is 0 Å². The largest absolute Gasteiger partial charge is 0.359 e. The van der Waals surface area contributed by atoms with Crippen molar-refractivity contribution >= 4 is 5.69 Å². The molecule has 0 amide bonds. The lowest BCUT2D eigenvalue weighted by atomic mass is 9.95. The smallest absolute Gasteiger partial charge is 0.169 e. The molecule has 1 heterocycles. The highest BCUT2D eigenvalue weighted by molar-refractivity contribution is 5.63. The van der Waals surface area contributed by atoms with E-state index in [9.17, 15) is 0 Å². The Bertz CT molecular complexity index is 762. The zero-order valence-electron chi connectivity index (χ0n) is 11.2. The first kappa shape index (κ1) is 12.8. The van der Waals surface area contributed by atoms with E-state index in [1.807, 2.05) is 66.7 Å². The van der Waals surface area contributed by atoms with E-state index >= 15 is 0 Å². The lowest BCUT2D eigenvalue weighted by Crippen LogP contribution is -2.32. The predicted molar refractivity (Wildman–Crippen MR) is 79.7 cm³/mol. The number of benzene rings is 2. The highest BCUT2D eigenvalue weighted by atomic mass is 15.1. The van der Waals surface area contributed by atoms with E-state index in [4.69, 9.17) is 10.5 Å². The van der Waals surface area contributed by atoms with Gasteiger partial charge in [0.15, 0.2) is 5.57 Å². The van der Waals surface area contributed by atoms with Crippen molar-refractivity contribution in [1.82, 2.24) is 5.32 Å². The summed E-state index contributed by atoms with van der Waals surface area (Å²) < 4.78 is 0. The number of para-hydroxylation sites is 1. The monoisotopic (exact) mass is 272 g/mol. The Labute approximate surface area is 123 Å². The van der Waals surface area contributed by atoms with Gasteiger partial charge in [0.05, 0.1) is 6.04 Å². The number of anilines is 1. The fourth-order valence-electron chi connectivity index (χ4n) is 2.44. The van der Waals surface area contributed by atoms with Gasteiger partial charge in [0.2, 0.25) is 0 Å². The molecule has 3 rings (SSSR count). The van der Waals surface area contributed by atoms with Crippen LogP contribution in [0.3, 0.4) is 0 Å². The molecule has 0 fully saturated rings. The summed E-state index contributed by atoms with van der Waals surface area (Å²) in [7, 11) is 0. The molecule has 2 N–H and O–H groups in total. The van der Waals surface area contributed by atoms with Crippen molar-refractivity contribution in [2.45, 2.75) is 6.04 Å². The van der Waals surface area contributed by atoms with Gasteiger partial charge in [-0.2, -0.15) is 10.5 Å². The number of hydrogen-bond donors (Lipinski definition) is 2. The molecule has 0 saturated carbocycles. The van der Waals surface area contributed by atoms with Gasteiger partial charge >= 0.3 is 0 Å². The molecule has 21 heavy (non-hydrogen) atoms. The lowest BCUT2D eigenvalue weighted by Gasteiger charge is -2.31. The molecule has 4 heteroatoms. The fraction of sp³-hybridized carbons (Fsp3) is 0.0588. The maximum Gasteiger partial charge on any atom is 0.169 e. The number of fused-ring (bicyclic) bond motifs is 1. The van der Waals surface area contributed by atoms with Gasteiger partial charge in [0.25, 0.3) is 0 Å². The third-order valence-electron chi connectivity index (χ3n) is 3.43. The Morgan fingerprint density at radius 2 is 1.57 bits per heavy atom. The Balaban J connectivity index is 2.14. The van der Waals surface area contributed by atoms with Crippen LogP contribution in [-0.4, -0.2) is 0 Å². The number of nitrogens with one attached hydrogen (secondary N) is 2. The third kappa shape index (κ3) is 2.31. The molecule has 1 aliphatic rings. The first-order chi connectivity index (χ1) is 10.3. The summed E-state index contributed by atoms with van der Waals surface area (Å²) in [6.45, 7) is 0. The fourth-order valence-corrected chi connectivity index (χ4v) is 2.44. The van der Waals surface area contributed by atoms with Gasteiger partial charge in [-0.1, -0.05) is 48.5 Å². The zero-order chi connectivity index (χ0) is 14.7. The van der Waals surface area contributed by atoms with Crippen molar-refractivity contribution in [2.75, 3.05) is 5.32 Å². The molecule has 0 radical (unpaired) electrons. The second-order valence-electron chi connectivity index (χ2n) is 4.67. The topological polar surface area (TPSA) is 71.6 Å². The second kappa shape index (κ2) is 5.40. The van der Waals surface area contributed by atoms with Crippen LogP contribution in [-0.2, 0) is 0 Å². The highest BCUT2D eigenvalue weighted by Gasteiger charge is 2.25. The summed E-state index contributed by atoms with van der Waals surface area (Å²) in [5.74, 6) is 0.451. The van der Waals surface area contributed by atoms with Gasteiger partial charge in [-0.3, -0.25) is 0 Å². The Kier molecular flexibility index (Phi) is 3.29. The molecule has 0 aromatic heterocycles. The molecule has 1 aliphatic heterocycles. The first-order valence-electron chi connectivity index (χ1n) is 6.55. The van der Waals surface area contributed by atoms with Crippen LogP contribution in [0.15, 0.2) is 66.0 Å². The molecule has 4 nitrogen and oxygen atoms in total. The van der Waals surface area contributed by atoms with E-state index in [-0.39, 0.29) is 11.6 Å². The predicted octanol–water partition coefficient (Wildman–Crippen LogP) is 3.05. The van der Waals surface area contributed by atoms with Gasteiger partial charge in [-0.15, -0.1) is 0 Å². The van der Waals surface area contributed by atoms with Crippen LogP contribution < -0.4 is 10.6 Å². The maximum atomic E-state index is 9.07. The van der Waals surface area contributed by atoms with E-state index < -0.39 is 0 Å². The molecular weight excluding hydrogens is 260 g/mol. The highest BCUT2D eigenvalue weighted by Crippen LogP contribution is 2.33. The van der Waals surface area contributed by atoms with Gasteiger partial charge in [0, 0.05) is 11.3 Å². The summed E-state index contributed by atoms with van der Waals surface area (Å²) in [4.78, 5) is 0. The van der Waals surface area contributed by atoms with Crippen LogP contribution in [0.2, 0.25) is 0 Å². The molecule has 1 unspecified atom stereocenters. The van der Waals surface area contributed by atoms with Crippen molar-refractivity contribution in [1.29, 1.82) is 10.5 Å². The van der Waals surface area contributed by atoms with Crippen molar-refractivity contribution in [3.63, 3.8) is 0 Å². The van der Waals surface area contributed by atoms with Crippen LogP contribution in [0.1, 0.15) is 17.2 Å². The molecular formula is C17H12N4. The lowest BCUT2D eigenvalue weighted by molar-refractivity contribution is 0.675. The summed E-state index contributed by atoms with van der Waals surface area (Å²) in [6, 6.07) is 21.6. The maximum absolute atomic E-state index is 9.07. The number of rotatable bonds is 1. The molecule has 1 atom stereocenters. The van der Waals surface area contributed by atoms with Crippen LogP contribution in [0, 0.1) is 22.7 Å². The van der Waals surface area contributed by atoms with Gasteiger partial charge in [-0.05, 0) is 11.6 Å². The number of nitrogens with zero attached hydrogens (tertiary/aromatic N) is 2. The molecule has 100 valence electrons. The average Bonchev–Trinajstić information content (AvgIpc) is 2.56. The Morgan fingerprint density at radius 3 is 2.29 bits per heavy atom. The average molecular weight is 272 g/mol. The summed E-state index contributed by atoms with van der Waals surface area (Å²) in [5, 5.41) is 24.5. The standard InChI is InChI=1S/C17H12N4/c18-10-13(11-19)17-20-15-9-5-4-8-14(15)16(21-17)12-6-2-1-3-7-12/h1-9,16,20-21H. The van der Waals surface area contributed by atoms with Crippen LogP contribution >= 0.6 is 0 Å². The number of nitriles is 2. The summed E-state index contributed by atoms with van der Waals surface area (Å²) >= 11 is 0. The molecule has 0 bridgehead atoms. The molecule has 2 aromatic rings. The van der Waals surface area contributed by atoms with Gasteiger partial charge in [0.1, 0.15) is 18.0 Å². The van der Waals surface area contributed by atoms with E-state index in [1.165, 1.54) is 0 Å².